The maximum absolute atomic E-state index is 12.2. The molecule has 0 rings (SSSR count). The Morgan fingerprint density at radius 1 is 0.786 bits per heavy atom. The summed E-state index contributed by atoms with van der Waals surface area (Å²) in [5, 5.41) is 0. The molecule has 2 atom stereocenters. The van der Waals surface area contributed by atoms with Crippen LogP contribution in [-0.4, -0.2) is 52.1 Å². The molecule has 2 nitrogen and oxygen atoms in total. The van der Waals surface area contributed by atoms with Gasteiger partial charge in [0.05, 0.1) is 26.4 Å². The molecule has 0 N–H and O–H groups in total. The van der Waals surface area contributed by atoms with Crippen LogP contribution in [-0.2, 0) is 9.47 Å². The van der Waals surface area contributed by atoms with Crippen molar-refractivity contribution in [2.45, 2.75) is 12.3 Å². The molecule has 2 unspecified atom stereocenters. The quantitative estimate of drug-likeness (QED) is 0.432. The predicted octanol–water partition coefficient (Wildman–Crippen LogP) is 1.63. The van der Waals surface area contributed by atoms with E-state index >= 15 is 0 Å². The van der Waals surface area contributed by atoms with E-state index in [0.29, 0.717) is 0 Å². The van der Waals surface area contributed by atoms with Gasteiger partial charge in [0, 0.05) is 0 Å². The van der Waals surface area contributed by atoms with Crippen LogP contribution in [0.1, 0.15) is 0 Å². The zero-order valence-corrected chi connectivity index (χ0v) is 7.73. The number of hydrogen-bond donors (Lipinski definition) is 0. The van der Waals surface area contributed by atoms with Gasteiger partial charge in [-0.05, 0) is 0 Å². The van der Waals surface area contributed by atoms with Gasteiger partial charge in [-0.25, -0.2) is 17.6 Å². The zero-order chi connectivity index (χ0) is 10.8. The molecule has 0 saturated heterocycles. The van der Waals surface area contributed by atoms with Crippen molar-refractivity contribution >= 4 is 0 Å². The molecular weight excluding hydrogens is 204 g/mol. The summed E-state index contributed by atoms with van der Waals surface area (Å²) in [5.41, 5.74) is 0. The number of rotatable bonds is 9. The molecule has 6 heteroatoms. The minimum atomic E-state index is -1.63. The monoisotopic (exact) mass is 218 g/mol. The summed E-state index contributed by atoms with van der Waals surface area (Å²) in [7, 11) is 0. The minimum Gasteiger partial charge on any atom is -0.376 e. The Morgan fingerprint density at radius 2 is 1.14 bits per heavy atom. The van der Waals surface area contributed by atoms with Crippen LogP contribution in [0.15, 0.2) is 0 Å². The van der Waals surface area contributed by atoms with Gasteiger partial charge >= 0.3 is 0 Å². The maximum Gasteiger partial charge on any atom is 0.151 e. The molecule has 0 aliphatic carbocycles. The third kappa shape index (κ3) is 8.25. The van der Waals surface area contributed by atoms with Gasteiger partial charge in [-0.15, -0.1) is 0 Å². The fourth-order valence-corrected chi connectivity index (χ4v) is 0.629. The van der Waals surface area contributed by atoms with Gasteiger partial charge in [0.2, 0.25) is 0 Å². The molecular formula is C8H14F4O2. The fraction of sp³-hybridized carbons (Fsp3) is 1.00. The van der Waals surface area contributed by atoms with Crippen LogP contribution in [0.5, 0.6) is 0 Å². The predicted molar refractivity (Wildman–Crippen MR) is 43.4 cm³/mol. The molecule has 0 aromatic rings. The normalized spacial score (nSPS) is 15.4. The van der Waals surface area contributed by atoms with Crippen molar-refractivity contribution in [1.29, 1.82) is 0 Å². The molecule has 0 fully saturated rings. The summed E-state index contributed by atoms with van der Waals surface area (Å²) in [4.78, 5) is 0. The summed E-state index contributed by atoms with van der Waals surface area (Å²) in [6.45, 7) is -2.78. The first kappa shape index (κ1) is 13.6. The van der Waals surface area contributed by atoms with Crippen LogP contribution < -0.4 is 0 Å². The first-order chi connectivity index (χ1) is 6.70. The van der Waals surface area contributed by atoms with E-state index in [1.807, 2.05) is 0 Å². The van der Waals surface area contributed by atoms with E-state index in [-0.39, 0.29) is 26.4 Å². The second-order valence-electron chi connectivity index (χ2n) is 2.65. The van der Waals surface area contributed by atoms with Crippen molar-refractivity contribution in [3.63, 3.8) is 0 Å². The summed E-state index contributed by atoms with van der Waals surface area (Å²) >= 11 is 0. The third-order valence-electron chi connectivity index (χ3n) is 1.30. The molecule has 0 amide bonds. The van der Waals surface area contributed by atoms with Crippen molar-refractivity contribution in [3.8, 4) is 0 Å². The highest BCUT2D eigenvalue weighted by atomic mass is 19.2. The van der Waals surface area contributed by atoms with Gasteiger partial charge in [0.15, 0.2) is 12.3 Å². The van der Waals surface area contributed by atoms with Crippen molar-refractivity contribution in [3.05, 3.63) is 0 Å². The van der Waals surface area contributed by atoms with Crippen LogP contribution in [0.4, 0.5) is 17.6 Å². The number of hydrogen-bond acceptors (Lipinski definition) is 2. The number of ether oxygens (including phenoxy) is 2. The van der Waals surface area contributed by atoms with E-state index in [4.69, 9.17) is 0 Å². The third-order valence-corrected chi connectivity index (χ3v) is 1.30. The van der Waals surface area contributed by atoms with Crippen LogP contribution >= 0.6 is 0 Å². The summed E-state index contributed by atoms with van der Waals surface area (Å²) in [5.74, 6) is 0. The highest BCUT2D eigenvalue weighted by molar-refractivity contribution is 4.51. The molecule has 0 spiro atoms. The van der Waals surface area contributed by atoms with Gasteiger partial charge in [-0.1, -0.05) is 0 Å². The molecule has 0 aliphatic rings. The van der Waals surface area contributed by atoms with Crippen LogP contribution in [0.25, 0.3) is 0 Å². The molecule has 0 radical (unpaired) electrons. The lowest BCUT2D eigenvalue weighted by molar-refractivity contribution is 0.00518. The molecule has 0 heterocycles. The maximum atomic E-state index is 12.2. The topological polar surface area (TPSA) is 18.5 Å². The largest absolute Gasteiger partial charge is 0.376 e. The summed E-state index contributed by atoms with van der Waals surface area (Å²) in [6, 6.07) is 0. The van der Waals surface area contributed by atoms with E-state index in [0.717, 1.165) is 0 Å². The van der Waals surface area contributed by atoms with Gasteiger partial charge in [-0.3, -0.25) is 0 Å². The first-order valence-corrected chi connectivity index (χ1v) is 4.26. The van der Waals surface area contributed by atoms with Gasteiger partial charge < -0.3 is 9.47 Å². The van der Waals surface area contributed by atoms with Gasteiger partial charge in [0.25, 0.3) is 0 Å². The number of halogens is 4. The lowest BCUT2D eigenvalue weighted by atomic mass is 10.4. The zero-order valence-electron chi connectivity index (χ0n) is 7.73. The standard InChI is InChI=1S/C8H14F4O2/c9-3-7(11)5-13-1-2-14-6-8(12)4-10/h7-8H,1-6H2. The van der Waals surface area contributed by atoms with Crippen molar-refractivity contribution < 1.29 is 27.0 Å². The Labute approximate surface area is 80.2 Å². The Bertz CT molecular complexity index is 112. The molecule has 0 aromatic carbocycles. The SMILES string of the molecule is FCC(F)COCCOCC(F)CF. The minimum absolute atomic E-state index is 0.0411. The molecule has 14 heavy (non-hydrogen) atoms. The second-order valence-corrected chi connectivity index (χ2v) is 2.65. The Balaban J connectivity index is 3.06. The Hall–Kier alpha value is -0.360. The Kier molecular flexibility index (Phi) is 8.97. The fourth-order valence-electron chi connectivity index (χ4n) is 0.629. The Morgan fingerprint density at radius 3 is 1.43 bits per heavy atom. The molecule has 0 saturated carbocycles. The molecule has 0 aliphatic heterocycles. The van der Waals surface area contributed by atoms with Crippen molar-refractivity contribution in [2.24, 2.45) is 0 Å². The van der Waals surface area contributed by atoms with E-state index < -0.39 is 25.7 Å². The summed E-state index contributed by atoms with van der Waals surface area (Å²) in [6.07, 6.45) is -3.26. The van der Waals surface area contributed by atoms with Crippen LogP contribution in [0, 0.1) is 0 Å². The lowest BCUT2D eigenvalue weighted by Crippen LogP contribution is -2.18. The molecule has 86 valence electrons. The highest BCUT2D eigenvalue weighted by Crippen LogP contribution is 1.94. The summed E-state index contributed by atoms with van der Waals surface area (Å²) < 4.78 is 56.7. The van der Waals surface area contributed by atoms with E-state index in [1.54, 1.807) is 0 Å². The second kappa shape index (κ2) is 9.21. The van der Waals surface area contributed by atoms with Gasteiger partial charge in [-0.2, -0.15) is 0 Å². The smallest absolute Gasteiger partial charge is 0.151 e. The van der Waals surface area contributed by atoms with Gasteiger partial charge in [0.1, 0.15) is 13.3 Å². The first-order valence-electron chi connectivity index (χ1n) is 4.26. The average Bonchev–Trinajstić information content (AvgIpc) is 2.22. The average molecular weight is 218 g/mol. The van der Waals surface area contributed by atoms with Crippen LogP contribution in [0.2, 0.25) is 0 Å². The molecule has 0 bridgehead atoms. The highest BCUT2D eigenvalue weighted by Gasteiger charge is 2.06. The lowest BCUT2D eigenvalue weighted by Gasteiger charge is -2.07. The van der Waals surface area contributed by atoms with Crippen LogP contribution in [0.3, 0.4) is 0 Å². The van der Waals surface area contributed by atoms with Crippen molar-refractivity contribution in [2.75, 3.05) is 39.8 Å². The van der Waals surface area contributed by atoms with E-state index in [2.05, 4.69) is 9.47 Å². The van der Waals surface area contributed by atoms with Crippen molar-refractivity contribution in [1.82, 2.24) is 0 Å². The van der Waals surface area contributed by atoms with E-state index in [9.17, 15) is 17.6 Å². The molecule has 0 aromatic heterocycles. The van der Waals surface area contributed by atoms with E-state index in [1.165, 1.54) is 0 Å². The number of alkyl halides is 4.